The molecule has 0 saturated heterocycles. The number of nitrogens with zero attached hydrogens (tertiary/aromatic N) is 1. The molecule has 0 radical (unpaired) electrons. The molecule has 0 N–H and O–H groups in total. The van der Waals surface area contributed by atoms with Gasteiger partial charge in [0.15, 0.2) is 0 Å². The van der Waals surface area contributed by atoms with Crippen LogP contribution in [0, 0.1) is 0 Å². The van der Waals surface area contributed by atoms with Gasteiger partial charge in [0.25, 0.3) is 0 Å². The van der Waals surface area contributed by atoms with Crippen LogP contribution in [-0.2, 0) is 0 Å². The van der Waals surface area contributed by atoms with Gasteiger partial charge >= 0.3 is 0 Å². The number of fused-ring (bicyclic) bond motifs is 2. The number of para-hydroxylation sites is 1. The van der Waals surface area contributed by atoms with Gasteiger partial charge in [0.1, 0.15) is 0 Å². The molecule has 0 atom stereocenters. The summed E-state index contributed by atoms with van der Waals surface area (Å²) in [4.78, 5) is 2.39. The second kappa shape index (κ2) is 11.6. The lowest BCUT2D eigenvalue weighted by Gasteiger charge is -2.28. The normalized spacial score (nSPS) is 11.1. The van der Waals surface area contributed by atoms with Crippen molar-refractivity contribution in [2.75, 3.05) is 4.90 Å². The predicted molar refractivity (Wildman–Crippen MR) is 192 cm³/mol. The molecule has 0 aromatic heterocycles. The molecule has 0 bridgehead atoms. The number of hydrogen-bond acceptors (Lipinski definition) is 1. The van der Waals surface area contributed by atoms with Crippen molar-refractivity contribution in [1.82, 2.24) is 0 Å². The van der Waals surface area contributed by atoms with Gasteiger partial charge < -0.3 is 4.90 Å². The van der Waals surface area contributed by atoms with E-state index in [1.54, 1.807) is 0 Å². The fourth-order valence-corrected chi connectivity index (χ4v) is 6.51. The molecule has 0 aliphatic rings. The maximum absolute atomic E-state index is 2.39. The van der Waals surface area contributed by atoms with Gasteiger partial charge in [0.05, 0.1) is 5.69 Å². The SMILES string of the molecule is c1ccc(-c2ccccc2N(c2ccc(-c3cccc4ccccc34)cc2)c2cccc(-c3cccc4ccccc34)c2)cc1. The number of hydrogen-bond donors (Lipinski definition) is 0. The minimum atomic E-state index is 1.11. The van der Waals surface area contributed by atoms with E-state index in [4.69, 9.17) is 0 Å². The van der Waals surface area contributed by atoms with Crippen LogP contribution in [0.4, 0.5) is 17.1 Å². The summed E-state index contributed by atoms with van der Waals surface area (Å²) >= 11 is 0. The summed E-state index contributed by atoms with van der Waals surface area (Å²) in [5.74, 6) is 0. The Balaban J connectivity index is 1.30. The fourth-order valence-electron chi connectivity index (χ4n) is 6.51. The van der Waals surface area contributed by atoms with Gasteiger partial charge in [-0.15, -0.1) is 0 Å². The van der Waals surface area contributed by atoms with Crippen molar-refractivity contribution in [2.45, 2.75) is 0 Å². The zero-order valence-corrected chi connectivity index (χ0v) is 24.8. The van der Waals surface area contributed by atoms with Gasteiger partial charge in [0.2, 0.25) is 0 Å². The molecule has 8 rings (SSSR count). The van der Waals surface area contributed by atoms with E-state index in [1.165, 1.54) is 54.9 Å². The van der Waals surface area contributed by atoms with Crippen LogP contribution >= 0.6 is 0 Å². The Labute approximate surface area is 264 Å². The first-order valence-corrected chi connectivity index (χ1v) is 15.4. The lowest BCUT2D eigenvalue weighted by atomic mass is 9.96. The van der Waals surface area contributed by atoms with Gasteiger partial charge in [-0.2, -0.15) is 0 Å². The highest BCUT2D eigenvalue weighted by Gasteiger charge is 2.18. The first-order chi connectivity index (χ1) is 22.3. The lowest BCUT2D eigenvalue weighted by molar-refractivity contribution is 1.28. The molecule has 8 aromatic rings. The van der Waals surface area contributed by atoms with Crippen LogP contribution < -0.4 is 4.90 Å². The first kappa shape index (κ1) is 26.7. The van der Waals surface area contributed by atoms with E-state index in [1.807, 2.05) is 0 Å². The average molecular weight is 574 g/mol. The Kier molecular flexibility index (Phi) is 6.90. The van der Waals surface area contributed by atoms with Gasteiger partial charge in [-0.1, -0.05) is 158 Å². The molecular weight excluding hydrogens is 542 g/mol. The Morgan fingerprint density at radius 1 is 0.289 bits per heavy atom. The topological polar surface area (TPSA) is 3.24 Å². The smallest absolute Gasteiger partial charge is 0.0540 e. The van der Waals surface area contributed by atoms with Crippen molar-refractivity contribution < 1.29 is 0 Å². The van der Waals surface area contributed by atoms with Crippen LogP contribution in [0.1, 0.15) is 0 Å². The summed E-state index contributed by atoms with van der Waals surface area (Å²) in [7, 11) is 0. The molecule has 45 heavy (non-hydrogen) atoms. The quantitative estimate of drug-likeness (QED) is 0.191. The molecule has 1 nitrogen and oxygen atoms in total. The maximum Gasteiger partial charge on any atom is 0.0540 e. The monoisotopic (exact) mass is 573 g/mol. The number of benzene rings is 8. The van der Waals surface area contributed by atoms with Crippen LogP contribution in [0.15, 0.2) is 188 Å². The summed E-state index contributed by atoms with van der Waals surface area (Å²) in [5, 5.41) is 5.02. The highest BCUT2D eigenvalue weighted by molar-refractivity contribution is 5.99. The molecule has 8 aromatic carbocycles. The second-order valence-electron chi connectivity index (χ2n) is 11.4. The summed E-state index contributed by atoms with van der Waals surface area (Å²) in [6.45, 7) is 0. The molecule has 212 valence electrons. The molecule has 0 spiro atoms. The minimum Gasteiger partial charge on any atom is -0.310 e. The summed E-state index contributed by atoms with van der Waals surface area (Å²) in [6, 6.07) is 67.6. The molecule has 0 aliphatic heterocycles. The molecule has 0 unspecified atom stereocenters. The Hall–Kier alpha value is -5.92. The van der Waals surface area contributed by atoms with E-state index in [0.29, 0.717) is 0 Å². The van der Waals surface area contributed by atoms with Gasteiger partial charge in [0, 0.05) is 16.9 Å². The third-order valence-electron chi connectivity index (χ3n) is 8.66. The largest absolute Gasteiger partial charge is 0.310 e. The van der Waals surface area contributed by atoms with E-state index in [0.717, 1.165) is 17.1 Å². The Morgan fingerprint density at radius 2 is 0.778 bits per heavy atom. The lowest BCUT2D eigenvalue weighted by Crippen LogP contribution is -2.11. The molecule has 1 heteroatoms. The van der Waals surface area contributed by atoms with Crippen LogP contribution in [-0.4, -0.2) is 0 Å². The first-order valence-electron chi connectivity index (χ1n) is 15.4. The highest BCUT2D eigenvalue weighted by atomic mass is 15.1. The Morgan fingerprint density at radius 3 is 1.49 bits per heavy atom. The van der Waals surface area contributed by atoms with Crippen molar-refractivity contribution in [3.05, 3.63) is 188 Å². The van der Waals surface area contributed by atoms with E-state index < -0.39 is 0 Å². The maximum atomic E-state index is 2.39. The number of anilines is 3. The molecule has 0 saturated carbocycles. The zero-order chi connectivity index (χ0) is 30.0. The second-order valence-corrected chi connectivity index (χ2v) is 11.4. The van der Waals surface area contributed by atoms with E-state index in [9.17, 15) is 0 Å². The standard InChI is InChI=1S/C44H31N/c1-2-13-34(14-3-1)43-23-8-9-26-44(43)45(37-29-27-35(28-30-37)41-24-11-17-32-15-4-6-21-39(32)41)38-20-10-19-36(31-38)42-25-12-18-33-16-5-7-22-40(33)42/h1-31H. The van der Waals surface area contributed by atoms with Crippen molar-refractivity contribution >= 4 is 38.6 Å². The zero-order valence-electron chi connectivity index (χ0n) is 24.8. The predicted octanol–water partition coefficient (Wildman–Crippen LogP) is 12.5. The van der Waals surface area contributed by atoms with Crippen LogP contribution in [0.5, 0.6) is 0 Å². The summed E-state index contributed by atoms with van der Waals surface area (Å²) < 4.78 is 0. The molecule has 0 amide bonds. The molecule has 0 fully saturated rings. The summed E-state index contributed by atoms with van der Waals surface area (Å²) in [6.07, 6.45) is 0. The highest BCUT2D eigenvalue weighted by Crippen LogP contribution is 2.43. The van der Waals surface area contributed by atoms with Crippen molar-refractivity contribution in [3.8, 4) is 33.4 Å². The van der Waals surface area contributed by atoms with Crippen molar-refractivity contribution in [1.29, 1.82) is 0 Å². The number of rotatable bonds is 6. The van der Waals surface area contributed by atoms with E-state index in [-0.39, 0.29) is 0 Å². The summed E-state index contributed by atoms with van der Waals surface area (Å²) in [5.41, 5.74) is 10.6. The van der Waals surface area contributed by atoms with E-state index >= 15 is 0 Å². The fraction of sp³-hybridized carbons (Fsp3) is 0. The van der Waals surface area contributed by atoms with Crippen LogP contribution in [0.25, 0.3) is 54.9 Å². The van der Waals surface area contributed by atoms with Gasteiger partial charge in [-0.25, -0.2) is 0 Å². The van der Waals surface area contributed by atoms with Gasteiger partial charge in [-0.3, -0.25) is 0 Å². The molecular formula is C44H31N. The third-order valence-corrected chi connectivity index (χ3v) is 8.66. The molecule has 0 heterocycles. The van der Waals surface area contributed by atoms with Crippen molar-refractivity contribution in [3.63, 3.8) is 0 Å². The average Bonchev–Trinajstić information content (AvgIpc) is 3.12. The Bertz CT molecular complexity index is 2250. The van der Waals surface area contributed by atoms with Crippen molar-refractivity contribution in [2.24, 2.45) is 0 Å². The third kappa shape index (κ3) is 5.05. The minimum absolute atomic E-state index is 1.11. The van der Waals surface area contributed by atoms with Crippen LogP contribution in [0.3, 0.4) is 0 Å². The van der Waals surface area contributed by atoms with Gasteiger partial charge in [-0.05, 0) is 79.7 Å². The van der Waals surface area contributed by atoms with E-state index in [2.05, 4.69) is 193 Å². The molecule has 0 aliphatic carbocycles. The van der Waals surface area contributed by atoms with Crippen LogP contribution in [0.2, 0.25) is 0 Å².